The van der Waals surface area contributed by atoms with Gasteiger partial charge in [-0.25, -0.2) is 9.86 Å². The highest BCUT2D eigenvalue weighted by Crippen LogP contribution is 2.34. The van der Waals surface area contributed by atoms with Crippen molar-refractivity contribution < 1.29 is 29.1 Å². The summed E-state index contributed by atoms with van der Waals surface area (Å²) >= 11 is 0. The van der Waals surface area contributed by atoms with E-state index in [1.54, 1.807) is 0 Å². The molecule has 4 amide bonds. The summed E-state index contributed by atoms with van der Waals surface area (Å²) in [5.74, 6) is -1.24. The van der Waals surface area contributed by atoms with E-state index < -0.39 is 24.0 Å². The molecule has 2 saturated carbocycles. The predicted octanol–water partition coefficient (Wildman–Crippen LogP) is 1.83. The minimum atomic E-state index is -0.754. The largest absolute Gasteiger partial charge is 0.446 e. The molecular weight excluding hydrogens is 378 g/mol. The van der Waals surface area contributed by atoms with Gasteiger partial charge >= 0.3 is 6.09 Å². The Balaban J connectivity index is 1.62. The number of imide groups is 1. The van der Waals surface area contributed by atoms with Gasteiger partial charge in [-0.15, -0.1) is 0 Å². The number of nitrogens with one attached hydrogen (secondary N) is 1. The maximum atomic E-state index is 13.2. The smallest absolute Gasteiger partial charge is 0.414 e. The lowest BCUT2D eigenvalue weighted by atomic mass is 9.89. The molecule has 1 aliphatic heterocycles. The Kier molecular flexibility index (Phi) is 7.46. The molecule has 0 bridgehead atoms. The average Bonchev–Trinajstić information content (AvgIpc) is 3.47. The monoisotopic (exact) mass is 409 g/mol. The highest BCUT2D eigenvalue weighted by atomic mass is 16.6. The first-order valence-corrected chi connectivity index (χ1v) is 10.7. The van der Waals surface area contributed by atoms with Gasteiger partial charge in [-0.2, -0.15) is 0 Å². The van der Waals surface area contributed by atoms with Crippen LogP contribution in [0.1, 0.15) is 64.2 Å². The fraction of sp³-hybridized carbons (Fsp3) is 0.800. The molecule has 162 valence electrons. The van der Waals surface area contributed by atoms with E-state index >= 15 is 0 Å². The van der Waals surface area contributed by atoms with E-state index in [0.717, 1.165) is 51.4 Å². The van der Waals surface area contributed by atoms with Crippen molar-refractivity contribution in [3.8, 4) is 0 Å². The Morgan fingerprint density at radius 2 is 1.72 bits per heavy atom. The van der Waals surface area contributed by atoms with Crippen LogP contribution in [0.2, 0.25) is 0 Å². The second kappa shape index (κ2) is 10.0. The maximum absolute atomic E-state index is 13.2. The number of rotatable bonds is 7. The zero-order chi connectivity index (χ0) is 20.8. The number of amides is 4. The van der Waals surface area contributed by atoms with Crippen LogP contribution in [0.25, 0.3) is 0 Å². The van der Waals surface area contributed by atoms with E-state index in [1.807, 2.05) is 0 Å². The molecule has 1 heterocycles. The fourth-order valence-corrected chi connectivity index (χ4v) is 4.92. The highest BCUT2D eigenvalue weighted by Gasteiger charge is 2.41. The summed E-state index contributed by atoms with van der Waals surface area (Å²) in [4.78, 5) is 50.3. The number of alkyl carbamates (subject to hydrolysis) is 1. The molecule has 3 fully saturated rings. The summed E-state index contributed by atoms with van der Waals surface area (Å²) in [7, 11) is 0. The van der Waals surface area contributed by atoms with Gasteiger partial charge in [-0.05, 0) is 57.3 Å². The van der Waals surface area contributed by atoms with E-state index in [4.69, 9.17) is 4.74 Å². The number of carbonyl (C=O) groups is 4. The number of carbonyl (C=O) groups excluding carboxylic acids is 4. The predicted molar refractivity (Wildman–Crippen MR) is 102 cm³/mol. The van der Waals surface area contributed by atoms with Crippen molar-refractivity contribution in [2.45, 2.75) is 76.4 Å². The van der Waals surface area contributed by atoms with Gasteiger partial charge in [0.05, 0.1) is 12.5 Å². The summed E-state index contributed by atoms with van der Waals surface area (Å²) in [5.41, 5.74) is 0. The third-order valence-electron chi connectivity index (χ3n) is 6.43. The molecule has 0 aromatic rings. The second-order valence-corrected chi connectivity index (χ2v) is 8.37. The Morgan fingerprint density at radius 1 is 1.07 bits per heavy atom. The third kappa shape index (κ3) is 5.46. The molecule has 9 heteroatoms. The summed E-state index contributed by atoms with van der Waals surface area (Å²) in [6.45, 7) is 0.339. The summed E-state index contributed by atoms with van der Waals surface area (Å²) in [6, 6.07) is -0.731. The van der Waals surface area contributed by atoms with Crippen LogP contribution in [0, 0.1) is 11.8 Å². The van der Waals surface area contributed by atoms with Crippen molar-refractivity contribution in [3.63, 3.8) is 0 Å². The molecule has 1 unspecified atom stereocenters. The van der Waals surface area contributed by atoms with E-state index in [9.17, 15) is 24.4 Å². The van der Waals surface area contributed by atoms with E-state index in [1.165, 1.54) is 4.90 Å². The minimum absolute atomic E-state index is 0.0775. The maximum Gasteiger partial charge on any atom is 0.414 e. The zero-order valence-corrected chi connectivity index (χ0v) is 16.8. The van der Waals surface area contributed by atoms with Crippen molar-refractivity contribution in [2.24, 2.45) is 11.8 Å². The molecule has 29 heavy (non-hydrogen) atoms. The number of ether oxygens (including phenoxy) is 1. The van der Waals surface area contributed by atoms with Crippen LogP contribution in [-0.2, 0) is 19.1 Å². The van der Waals surface area contributed by atoms with Crippen molar-refractivity contribution in [3.05, 3.63) is 0 Å². The lowest BCUT2D eigenvalue weighted by Gasteiger charge is -2.31. The van der Waals surface area contributed by atoms with Crippen LogP contribution in [0.5, 0.6) is 0 Å². The number of hydroxylamine groups is 2. The molecule has 2 N–H and O–H groups in total. The highest BCUT2D eigenvalue weighted by molar-refractivity contribution is 5.97. The van der Waals surface area contributed by atoms with Crippen LogP contribution in [0.3, 0.4) is 0 Å². The second-order valence-electron chi connectivity index (χ2n) is 8.37. The summed E-state index contributed by atoms with van der Waals surface area (Å²) in [6.07, 6.45) is 7.94. The third-order valence-corrected chi connectivity index (χ3v) is 6.43. The number of hydrogen-bond acceptors (Lipinski definition) is 6. The van der Waals surface area contributed by atoms with Crippen LogP contribution < -0.4 is 5.32 Å². The Bertz CT molecular complexity index is 615. The first kappa shape index (κ1) is 21.5. The average molecular weight is 409 g/mol. The van der Waals surface area contributed by atoms with Gasteiger partial charge in [0, 0.05) is 6.54 Å². The molecular formula is C20H31N3O6. The fourth-order valence-electron chi connectivity index (χ4n) is 4.92. The Hall–Kier alpha value is -2.16. The molecule has 0 aromatic carbocycles. The van der Waals surface area contributed by atoms with E-state index in [2.05, 4.69) is 5.32 Å². The lowest BCUT2D eigenvalue weighted by Crippen LogP contribution is -2.51. The normalized spacial score (nSPS) is 23.8. The Labute approximate surface area is 170 Å². The van der Waals surface area contributed by atoms with E-state index in [0.29, 0.717) is 30.9 Å². The summed E-state index contributed by atoms with van der Waals surface area (Å²) < 4.78 is 5.28. The van der Waals surface area contributed by atoms with Gasteiger partial charge in [0.25, 0.3) is 5.91 Å². The standard InChI is InChI=1S/C20H31N3O6/c24-13-22(28)12-16(14-6-1-2-7-14)19(26)23-11-5-10-17(23)18(25)21-20(27)29-15-8-3-4-9-15/h13-17,28H,1-12H2,(H,21,25,27)/t16?,17-/m0/s1. The molecule has 0 aromatic heterocycles. The van der Waals surface area contributed by atoms with Gasteiger partial charge in [0.15, 0.2) is 0 Å². The molecule has 9 nitrogen and oxygen atoms in total. The SMILES string of the molecule is O=CN(O)CC(C(=O)N1CCC[C@H]1C(=O)NC(=O)OC1CCCC1)C1CCCC1. The molecule has 2 aliphatic carbocycles. The van der Waals surface area contributed by atoms with Crippen LogP contribution in [0.4, 0.5) is 4.79 Å². The molecule has 1 saturated heterocycles. The molecule has 2 atom stereocenters. The van der Waals surface area contributed by atoms with Gasteiger partial charge < -0.3 is 9.64 Å². The van der Waals surface area contributed by atoms with Gasteiger partial charge in [0.1, 0.15) is 12.1 Å². The van der Waals surface area contributed by atoms with Crippen molar-refractivity contribution in [1.82, 2.24) is 15.3 Å². The number of hydrogen-bond donors (Lipinski definition) is 2. The Morgan fingerprint density at radius 3 is 2.38 bits per heavy atom. The molecule has 3 rings (SSSR count). The van der Waals surface area contributed by atoms with Crippen LogP contribution in [-0.4, -0.2) is 64.7 Å². The molecule has 0 spiro atoms. The van der Waals surface area contributed by atoms with Crippen molar-refractivity contribution in [1.29, 1.82) is 0 Å². The minimum Gasteiger partial charge on any atom is -0.446 e. The first-order valence-electron chi connectivity index (χ1n) is 10.7. The van der Waals surface area contributed by atoms with Gasteiger partial charge in [-0.3, -0.25) is 24.9 Å². The van der Waals surface area contributed by atoms with Gasteiger partial charge in [0.2, 0.25) is 12.3 Å². The zero-order valence-electron chi connectivity index (χ0n) is 16.8. The number of nitrogens with zero attached hydrogens (tertiary/aromatic N) is 2. The number of likely N-dealkylation sites (tertiary alicyclic amines) is 1. The quantitative estimate of drug-likeness (QED) is 0.376. The van der Waals surface area contributed by atoms with Crippen molar-refractivity contribution in [2.75, 3.05) is 13.1 Å². The molecule has 0 radical (unpaired) electrons. The topological polar surface area (TPSA) is 116 Å². The van der Waals surface area contributed by atoms with Crippen LogP contribution in [0.15, 0.2) is 0 Å². The summed E-state index contributed by atoms with van der Waals surface area (Å²) in [5, 5.41) is 12.5. The lowest BCUT2D eigenvalue weighted by molar-refractivity contribution is -0.159. The molecule has 3 aliphatic rings. The van der Waals surface area contributed by atoms with Crippen molar-refractivity contribution >= 4 is 24.3 Å². The van der Waals surface area contributed by atoms with E-state index in [-0.39, 0.29) is 24.5 Å². The van der Waals surface area contributed by atoms with Crippen LogP contribution >= 0.6 is 0 Å². The van der Waals surface area contributed by atoms with Gasteiger partial charge in [-0.1, -0.05) is 12.8 Å². The first-order chi connectivity index (χ1) is 14.0.